The summed E-state index contributed by atoms with van der Waals surface area (Å²) in [6, 6.07) is 7.97. The Bertz CT molecular complexity index is 566. The van der Waals surface area contributed by atoms with Gasteiger partial charge in [-0.1, -0.05) is 13.8 Å². The van der Waals surface area contributed by atoms with Crippen LogP contribution in [0.2, 0.25) is 0 Å². The summed E-state index contributed by atoms with van der Waals surface area (Å²) in [7, 11) is 1.67. The lowest BCUT2D eigenvalue weighted by molar-refractivity contribution is 0.405. The summed E-state index contributed by atoms with van der Waals surface area (Å²) in [6.45, 7) is 5.70. The van der Waals surface area contributed by atoms with Crippen molar-refractivity contribution in [3.63, 3.8) is 0 Å². The Hall–Kier alpha value is -1.81. The molecule has 19 heavy (non-hydrogen) atoms. The molecule has 0 atom stereocenters. The van der Waals surface area contributed by atoms with Crippen LogP contribution in [0.3, 0.4) is 0 Å². The van der Waals surface area contributed by atoms with E-state index in [1.54, 1.807) is 13.3 Å². The minimum absolute atomic E-state index is 0.0519. The monoisotopic (exact) mass is 259 g/mol. The number of hydrogen-bond donors (Lipinski definition) is 2. The van der Waals surface area contributed by atoms with E-state index in [0.717, 1.165) is 28.9 Å². The van der Waals surface area contributed by atoms with Crippen molar-refractivity contribution in [2.24, 2.45) is 11.1 Å². The molecular weight excluding hydrogens is 238 g/mol. The molecular formula is C15H21N3O. The Morgan fingerprint density at radius 3 is 2.79 bits per heavy atom. The van der Waals surface area contributed by atoms with Crippen molar-refractivity contribution in [3.05, 3.63) is 30.5 Å². The fourth-order valence-electron chi connectivity index (χ4n) is 1.82. The van der Waals surface area contributed by atoms with Crippen LogP contribution in [0.5, 0.6) is 5.75 Å². The lowest BCUT2D eigenvalue weighted by atomic mass is 9.94. The highest BCUT2D eigenvalue weighted by atomic mass is 16.5. The van der Waals surface area contributed by atoms with Crippen molar-refractivity contribution in [2.75, 3.05) is 25.5 Å². The molecule has 4 heteroatoms. The van der Waals surface area contributed by atoms with Crippen LogP contribution in [0.15, 0.2) is 30.5 Å². The number of benzene rings is 1. The molecule has 3 N–H and O–H groups in total. The van der Waals surface area contributed by atoms with E-state index in [9.17, 15) is 0 Å². The largest absolute Gasteiger partial charge is 0.497 e. The van der Waals surface area contributed by atoms with Crippen molar-refractivity contribution in [1.29, 1.82) is 0 Å². The van der Waals surface area contributed by atoms with Crippen LogP contribution < -0.4 is 15.8 Å². The highest BCUT2D eigenvalue weighted by molar-refractivity contribution is 5.92. The average Bonchev–Trinajstić information content (AvgIpc) is 2.44. The van der Waals surface area contributed by atoms with Gasteiger partial charge >= 0.3 is 0 Å². The fourth-order valence-corrected chi connectivity index (χ4v) is 1.82. The van der Waals surface area contributed by atoms with Crippen molar-refractivity contribution in [2.45, 2.75) is 13.8 Å². The molecule has 2 rings (SSSR count). The first kappa shape index (κ1) is 13.6. The molecule has 0 bridgehead atoms. The van der Waals surface area contributed by atoms with Crippen LogP contribution in [0.1, 0.15) is 13.8 Å². The SMILES string of the molecule is COc1ccc2c(NCC(C)(C)CN)nccc2c1. The van der Waals surface area contributed by atoms with E-state index in [2.05, 4.69) is 24.1 Å². The maximum atomic E-state index is 5.74. The Labute approximate surface area is 114 Å². The number of nitrogens with one attached hydrogen (secondary N) is 1. The summed E-state index contributed by atoms with van der Waals surface area (Å²) in [5.41, 5.74) is 5.80. The molecule has 0 unspecified atom stereocenters. The number of pyridine rings is 1. The molecule has 2 aromatic rings. The second-order valence-corrected chi connectivity index (χ2v) is 5.47. The van der Waals surface area contributed by atoms with E-state index in [4.69, 9.17) is 10.5 Å². The number of rotatable bonds is 5. The minimum Gasteiger partial charge on any atom is -0.497 e. The molecule has 102 valence electrons. The summed E-state index contributed by atoms with van der Waals surface area (Å²) in [6.07, 6.45) is 1.81. The van der Waals surface area contributed by atoms with Crippen LogP contribution in [0, 0.1) is 5.41 Å². The van der Waals surface area contributed by atoms with Crippen molar-refractivity contribution < 1.29 is 4.74 Å². The smallest absolute Gasteiger partial charge is 0.133 e. The predicted octanol–water partition coefficient (Wildman–Crippen LogP) is 2.64. The van der Waals surface area contributed by atoms with Gasteiger partial charge in [-0.2, -0.15) is 0 Å². The van der Waals surface area contributed by atoms with Gasteiger partial charge in [0.2, 0.25) is 0 Å². The van der Waals surface area contributed by atoms with Crippen LogP contribution >= 0.6 is 0 Å². The number of fused-ring (bicyclic) bond motifs is 1. The Kier molecular flexibility index (Phi) is 3.90. The van der Waals surface area contributed by atoms with E-state index in [-0.39, 0.29) is 5.41 Å². The standard InChI is InChI=1S/C15H21N3O/c1-15(2,9-16)10-18-14-13-5-4-12(19-3)8-11(13)6-7-17-14/h4-8H,9-10,16H2,1-3H3,(H,17,18). The molecule has 0 radical (unpaired) electrons. The third-order valence-corrected chi connectivity index (χ3v) is 3.26. The van der Waals surface area contributed by atoms with Gasteiger partial charge in [0.15, 0.2) is 0 Å². The van der Waals surface area contributed by atoms with Gasteiger partial charge in [-0.15, -0.1) is 0 Å². The first-order valence-corrected chi connectivity index (χ1v) is 6.42. The maximum absolute atomic E-state index is 5.74. The predicted molar refractivity (Wildman–Crippen MR) is 79.6 cm³/mol. The van der Waals surface area contributed by atoms with Gasteiger partial charge in [0.05, 0.1) is 7.11 Å². The molecule has 0 aliphatic heterocycles. The van der Waals surface area contributed by atoms with E-state index in [1.165, 1.54) is 0 Å². The highest BCUT2D eigenvalue weighted by Crippen LogP contribution is 2.26. The van der Waals surface area contributed by atoms with Gasteiger partial charge in [0.1, 0.15) is 11.6 Å². The molecule has 1 aromatic heterocycles. The molecule has 4 nitrogen and oxygen atoms in total. The number of hydrogen-bond acceptors (Lipinski definition) is 4. The van der Waals surface area contributed by atoms with Gasteiger partial charge in [-0.3, -0.25) is 0 Å². The summed E-state index contributed by atoms with van der Waals surface area (Å²) in [5.74, 6) is 1.74. The number of nitrogens with two attached hydrogens (primary N) is 1. The van der Waals surface area contributed by atoms with Gasteiger partial charge in [0, 0.05) is 18.1 Å². The quantitative estimate of drug-likeness (QED) is 0.866. The van der Waals surface area contributed by atoms with Gasteiger partial charge in [0.25, 0.3) is 0 Å². The van der Waals surface area contributed by atoms with Gasteiger partial charge in [-0.25, -0.2) is 4.98 Å². The number of ether oxygens (including phenoxy) is 1. The zero-order valence-electron chi connectivity index (χ0n) is 11.7. The van der Waals surface area contributed by atoms with Crippen LogP contribution in [-0.4, -0.2) is 25.2 Å². The molecule has 0 aliphatic rings. The van der Waals surface area contributed by atoms with Crippen LogP contribution in [-0.2, 0) is 0 Å². The molecule has 1 aromatic carbocycles. The Morgan fingerprint density at radius 1 is 1.32 bits per heavy atom. The first-order valence-electron chi connectivity index (χ1n) is 6.42. The highest BCUT2D eigenvalue weighted by Gasteiger charge is 2.15. The number of nitrogens with zero attached hydrogens (tertiary/aromatic N) is 1. The number of aromatic nitrogens is 1. The lowest BCUT2D eigenvalue weighted by Crippen LogP contribution is -2.31. The van der Waals surface area contributed by atoms with E-state index in [0.29, 0.717) is 6.54 Å². The molecule has 0 amide bonds. The summed E-state index contributed by atoms with van der Waals surface area (Å²) in [5, 5.41) is 5.59. The second kappa shape index (κ2) is 5.45. The molecule has 0 saturated carbocycles. The summed E-state index contributed by atoms with van der Waals surface area (Å²) >= 11 is 0. The third kappa shape index (κ3) is 3.15. The summed E-state index contributed by atoms with van der Waals surface area (Å²) < 4.78 is 5.24. The lowest BCUT2D eigenvalue weighted by Gasteiger charge is -2.23. The van der Waals surface area contributed by atoms with Crippen LogP contribution in [0.25, 0.3) is 10.8 Å². The van der Waals surface area contributed by atoms with Gasteiger partial charge < -0.3 is 15.8 Å². The molecule has 0 saturated heterocycles. The topological polar surface area (TPSA) is 60.2 Å². The van der Waals surface area contributed by atoms with E-state index in [1.807, 2.05) is 24.3 Å². The Balaban J connectivity index is 2.29. The Morgan fingerprint density at radius 2 is 2.11 bits per heavy atom. The minimum atomic E-state index is 0.0519. The van der Waals surface area contributed by atoms with Gasteiger partial charge in [-0.05, 0) is 41.6 Å². The molecule has 1 heterocycles. The average molecular weight is 259 g/mol. The maximum Gasteiger partial charge on any atom is 0.133 e. The normalized spacial score (nSPS) is 11.6. The summed E-state index contributed by atoms with van der Waals surface area (Å²) in [4.78, 5) is 4.41. The number of anilines is 1. The number of methoxy groups -OCH3 is 1. The van der Waals surface area contributed by atoms with Crippen molar-refractivity contribution >= 4 is 16.6 Å². The molecule has 0 aliphatic carbocycles. The molecule has 0 spiro atoms. The van der Waals surface area contributed by atoms with Crippen LogP contribution in [0.4, 0.5) is 5.82 Å². The zero-order chi connectivity index (χ0) is 13.9. The first-order chi connectivity index (χ1) is 9.05. The second-order valence-electron chi connectivity index (χ2n) is 5.47. The van der Waals surface area contributed by atoms with E-state index >= 15 is 0 Å². The van der Waals surface area contributed by atoms with Crippen molar-refractivity contribution in [1.82, 2.24) is 4.98 Å². The zero-order valence-corrected chi connectivity index (χ0v) is 11.7. The van der Waals surface area contributed by atoms with Crippen molar-refractivity contribution in [3.8, 4) is 5.75 Å². The third-order valence-electron chi connectivity index (χ3n) is 3.26. The fraction of sp³-hybridized carbons (Fsp3) is 0.400. The molecule has 0 fully saturated rings. The van der Waals surface area contributed by atoms with E-state index < -0.39 is 0 Å².